The largest absolute Gasteiger partial charge is 0.478 e. The van der Waals surface area contributed by atoms with Gasteiger partial charge in [0.2, 0.25) is 0 Å². The van der Waals surface area contributed by atoms with Crippen LogP contribution in [0.1, 0.15) is 37.0 Å². The van der Waals surface area contributed by atoms with Gasteiger partial charge in [-0.3, -0.25) is 10.1 Å². The number of carboxylic acid groups (broad SMARTS) is 1. The Balaban J connectivity index is 3.35. The number of nitrogens with zero attached hydrogens (tertiary/aromatic N) is 2. The van der Waals surface area contributed by atoms with E-state index in [0.29, 0.717) is 5.69 Å². The van der Waals surface area contributed by atoms with E-state index in [1.165, 1.54) is 12.1 Å². The predicted octanol–water partition coefficient (Wildman–Crippen LogP) is 2.28. The number of hydrogen-bond donors (Lipinski definition) is 2. The van der Waals surface area contributed by atoms with Gasteiger partial charge in [-0.25, -0.2) is 4.79 Å². The molecule has 0 bridgehead atoms. The second-order valence-corrected chi connectivity index (χ2v) is 4.65. The van der Waals surface area contributed by atoms with Gasteiger partial charge < -0.3 is 15.1 Å². The number of benzene rings is 1. The van der Waals surface area contributed by atoms with Crippen molar-refractivity contribution in [2.45, 2.75) is 32.7 Å². The Kier molecular flexibility index (Phi) is 6.10. The van der Waals surface area contributed by atoms with Crippen LogP contribution in [0.15, 0.2) is 18.2 Å². The second kappa shape index (κ2) is 7.58. The zero-order valence-electron chi connectivity index (χ0n) is 12.2. The molecule has 7 heteroatoms. The van der Waals surface area contributed by atoms with E-state index >= 15 is 0 Å². The smallest absolute Gasteiger partial charge is 0.338 e. The first-order valence-electron chi connectivity index (χ1n) is 6.85. The molecule has 0 radical (unpaired) electrons. The maximum Gasteiger partial charge on any atom is 0.338 e. The van der Waals surface area contributed by atoms with Gasteiger partial charge in [0.1, 0.15) is 0 Å². The fraction of sp³-hybridized carbons (Fsp3) is 0.500. The maximum absolute atomic E-state index is 11.4. The Morgan fingerprint density at radius 1 is 1.38 bits per heavy atom. The minimum absolute atomic E-state index is 0.0664. The van der Waals surface area contributed by atoms with Crippen molar-refractivity contribution >= 4 is 17.3 Å². The molecule has 116 valence electrons. The summed E-state index contributed by atoms with van der Waals surface area (Å²) in [4.78, 5) is 23.4. The van der Waals surface area contributed by atoms with Crippen LogP contribution >= 0.6 is 0 Å². The molecule has 0 saturated heterocycles. The highest BCUT2D eigenvalue weighted by molar-refractivity contribution is 5.95. The van der Waals surface area contributed by atoms with E-state index in [9.17, 15) is 25.1 Å². The SMILES string of the molecule is CCC(CC)N(CCO)c1ccc([N+](=O)[O-])cc1C(=O)O. The van der Waals surface area contributed by atoms with Gasteiger partial charge in [0.25, 0.3) is 5.69 Å². The molecule has 7 nitrogen and oxygen atoms in total. The predicted molar refractivity (Wildman–Crippen MR) is 78.9 cm³/mol. The summed E-state index contributed by atoms with van der Waals surface area (Å²) in [7, 11) is 0. The third-order valence-corrected chi connectivity index (χ3v) is 3.45. The summed E-state index contributed by atoms with van der Waals surface area (Å²) < 4.78 is 0. The Hall–Kier alpha value is -2.15. The molecule has 0 unspecified atom stereocenters. The Labute approximate surface area is 123 Å². The minimum atomic E-state index is -1.22. The zero-order chi connectivity index (χ0) is 16.0. The summed E-state index contributed by atoms with van der Waals surface area (Å²) in [5.74, 6) is -1.22. The van der Waals surface area contributed by atoms with E-state index < -0.39 is 10.9 Å². The molecule has 0 heterocycles. The molecule has 0 atom stereocenters. The van der Waals surface area contributed by atoms with Crippen molar-refractivity contribution in [2.24, 2.45) is 0 Å². The lowest BCUT2D eigenvalue weighted by Crippen LogP contribution is -2.37. The molecule has 0 spiro atoms. The molecule has 0 amide bonds. The summed E-state index contributed by atoms with van der Waals surface area (Å²) in [6.07, 6.45) is 1.57. The molecular formula is C14H20N2O5. The van der Waals surface area contributed by atoms with Crippen LogP contribution in [0.5, 0.6) is 0 Å². The van der Waals surface area contributed by atoms with Crippen molar-refractivity contribution in [3.05, 3.63) is 33.9 Å². The number of aromatic carboxylic acids is 1. The van der Waals surface area contributed by atoms with Crippen molar-refractivity contribution in [2.75, 3.05) is 18.1 Å². The lowest BCUT2D eigenvalue weighted by molar-refractivity contribution is -0.384. The lowest BCUT2D eigenvalue weighted by Gasteiger charge is -2.33. The number of carboxylic acids is 1. The number of aliphatic hydroxyl groups is 1. The van der Waals surface area contributed by atoms with Gasteiger partial charge in [0.15, 0.2) is 0 Å². The van der Waals surface area contributed by atoms with Crippen LogP contribution in [0.25, 0.3) is 0 Å². The van der Waals surface area contributed by atoms with Crippen molar-refractivity contribution in [1.82, 2.24) is 0 Å². The number of non-ortho nitro benzene ring substituents is 1. The molecule has 1 rings (SSSR count). The quantitative estimate of drug-likeness (QED) is 0.563. The van der Waals surface area contributed by atoms with E-state index in [4.69, 9.17) is 0 Å². The topological polar surface area (TPSA) is 104 Å². The summed E-state index contributed by atoms with van der Waals surface area (Å²) in [6, 6.07) is 3.85. The molecule has 0 aromatic heterocycles. The van der Waals surface area contributed by atoms with Crippen LogP contribution in [0.2, 0.25) is 0 Å². The lowest BCUT2D eigenvalue weighted by atomic mass is 10.1. The third-order valence-electron chi connectivity index (χ3n) is 3.45. The fourth-order valence-corrected chi connectivity index (χ4v) is 2.40. The summed E-state index contributed by atoms with van der Waals surface area (Å²) in [5, 5.41) is 29.3. The number of nitro groups is 1. The number of carbonyl (C=O) groups is 1. The average molecular weight is 296 g/mol. The van der Waals surface area contributed by atoms with E-state index in [1.54, 1.807) is 4.90 Å². The fourth-order valence-electron chi connectivity index (χ4n) is 2.40. The van der Waals surface area contributed by atoms with E-state index in [1.807, 2.05) is 13.8 Å². The number of nitro benzene ring substituents is 1. The average Bonchev–Trinajstić information content (AvgIpc) is 2.46. The van der Waals surface area contributed by atoms with Gasteiger partial charge in [-0.1, -0.05) is 13.8 Å². The zero-order valence-corrected chi connectivity index (χ0v) is 12.2. The molecule has 0 aliphatic rings. The van der Waals surface area contributed by atoms with E-state index in [0.717, 1.165) is 18.9 Å². The number of anilines is 1. The van der Waals surface area contributed by atoms with Crippen LogP contribution in [0.3, 0.4) is 0 Å². The van der Waals surface area contributed by atoms with Crippen LogP contribution in [0, 0.1) is 10.1 Å². The van der Waals surface area contributed by atoms with Crippen LogP contribution in [0.4, 0.5) is 11.4 Å². The standard InChI is InChI=1S/C14H20N2O5/c1-3-10(4-2)15(7-8-17)13-6-5-11(16(20)21)9-12(13)14(18)19/h5-6,9-10,17H,3-4,7-8H2,1-2H3,(H,18,19). The maximum atomic E-state index is 11.4. The van der Waals surface area contributed by atoms with Crippen molar-refractivity contribution in [1.29, 1.82) is 0 Å². The minimum Gasteiger partial charge on any atom is -0.478 e. The van der Waals surface area contributed by atoms with Crippen molar-refractivity contribution in [3.63, 3.8) is 0 Å². The first-order valence-corrected chi connectivity index (χ1v) is 6.85. The summed E-state index contributed by atoms with van der Waals surface area (Å²) in [6.45, 7) is 4.12. The highest BCUT2D eigenvalue weighted by Gasteiger charge is 2.23. The second-order valence-electron chi connectivity index (χ2n) is 4.65. The summed E-state index contributed by atoms with van der Waals surface area (Å²) >= 11 is 0. The number of hydrogen-bond acceptors (Lipinski definition) is 5. The van der Waals surface area contributed by atoms with Gasteiger partial charge in [-0.05, 0) is 18.9 Å². The number of aliphatic hydroxyl groups excluding tert-OH is 1. The first kappa shape index (κ1) is 16.9. The van der Waals surface area contributed by atoms with Crippen LogP contribution in [-0.4, -0.2) is 40.3 Å². The van der Waals surface area contributed by atoms with E-state index in [2.05, 4.69) is 0 Å². The normalized spacial score (nSPS) is 10.7. The molecule has 2 N–H and O–H groups in total. The molecule has 0 saturated carbocycles. The summed E-state index contributed by atoms with van der Waals surface area (Å²) in [5.41, 5.74) is 0.0186. The van der Waals surface area contributed by atoms with Crippen molar-refractivity contribution < 1.29 is 19.9 Å². The highest BCUT2D eigenvalue weighted by atomic mass is 16.6. The van der Waals surface area contributed by atoms with Gasteiger partial charge in [0.05, 0.1) is 22.8 Å². The molecule has 0 aliphatic carbocycles. The highest BCUT2D eigenvalue weighted by Crippen LogP contribution is 2.28. The molecular weight excluding hydrogens is 276 g/mol. The van der Waals surface area contributed by atoms with Gasteiger partial charge >= 0.3 is 5.97 Å². The first-order chi connectivity index (χ1) is 9.96. The van der Waals surface area contributed by atoms with Crippen LogP contribution < -0.4 is 4.90 Å². The molecule has 1 aromatic carbocycles. The van der Waals surface area contributed by atoms with Gasteiger partial charge in [-0.2, -0.15) is 0 Å². The molecule has 0 fully saturated rings. The van der Waals surface area contributed by atoms with Gasteiger partial charge in [0, 0.05) is 24.7 Å². The van der Waals surface area contributed by atoms with Crippen LogP contribution in [-0.2, 0) is 0 Å². The Morgan fingerprint density at radius 2 is 2.00 bits per heavy atom. The molecule has 1 aromatic rings. The Morgan fingerprint density at radius 3 is 2.43 bits per heavy atom. The van der Waals surface area contributed by atoms with Gasteiger partial charge in [-0.15, -0.1) is 0 Å². The third kappa shape index (κ3) is 3.91. The Bertz CT molecular complexity index is 514. The number of rotatable bonds is 8. The van der Waals surface area contributed by atoms with E-state index in [-0.39, 0.29) is 30.4 Å². The molecule has 21 heavy (non-hydrogen) atoms. The van der Waals surface area contributed by atoms with Crippen molar-refractivity contribution in [3.8, 4) is 0 Å². The monoisotopic (exact) mass is 296 g/mol. The molecule has 0 aliphatic heterocycles.